The summed E-state index contributed by atoms with van der Waals surface area (Å²) in [7, 11) is 0. The second-order valence-corrected chi connectivity index (χ2v) is 7.67. The zero-order chi connectivity index (χ0) is 22.1. The molecule has 0 N–H and O–H groups in total. The molecule has 164 valence electrons. The molecule has 0 atom stereocenters. The summed E-state index contributed by atoms with van der Waals surface area (Å²) in [5.74, 6) is 1.34. The van der Waals surface area contributed by atoms with E-state index < -0.39 is 0 Å². The Labute approximate surface area is 185 Å². The van der Waals surface area contributed by atoms with Crippen molar-refractivity contribution in [3.63, 3.8) is 0 Å². The lowest BCUT2D eigenvalue weighted by Gasteiger charge is -2.22. The van der Waals surface area contributed by atoms with Crippen molar-refractivity contribution >= 4 is 5.91 Å². The molecule has 0 saturated carbocycles. The summed E-state index contributed by atoms with van der Waals surface area (Å²) in [6, 6.07) is 15.3. The second kappa shape index (κ2) is 11.4. The molecule has 0 bridgehead atoms. The maximum absolute atomic E-state index is 13.2. The number of carbonyl (C=O) groups excluding carboxylic acids is 1. The van der Waals surface area contributed by atoms with Gasteiger partial charge in [-0.25, -0.2) is 0 Å². The lowest BCUT2D eigenvalue weighted by molar-refractivity contribution is 0.0760. The summed E-state index contributed by atoms with van der Waals surface area (Å²) < 4.78 is 11.5. The molecule has 0 aromatic heterocycles. The summed E-state index contributed by atoms with van der Waals surface area (Å²) in [5, 5.41) is 8.95. The van der Waals surface area contributed by atoms with Crippen LogP contribution in [0.4, 0.5) is 0 Å². The Morgan fingerprint density at radius 3 is 2.52 bits per heavy atom. The molecule has 1 aliphatic heterocycles. The predicted octanol–water partition coefficient (Wildman–Crippen LogP) is 4.09. The molecular weight excluding hydrogens is 390 g/mol. The average Bonchev–Trinajstić information content (AvgIpc) is 3.04. The van der Waals surface area contributed by atoms with Gasteiger partial charge in [-0.15, -0.1) is 0 Å². The lowest BCUT2D eigenvalue weighted by atomic mass is 10.1. The van der Waals surface area contributed by atoms with Gasteiger partial charge in [0.15, 0.2) is 11.5 Å². The number of amides is 1. The van der Waals surface area contributed by atoms with Crippen molar-refractivity contribution in [2.24, 2.45) is 0 Å². The number of hydrogen-bond acceptors (Lipinski definition) is 5. The monoisotopic (exact) mass is 421 g/mol. The van der Waals surface area contributed by atoms with Gasteiger partial charge in [0.05, 0.1) is 24.8 Å². The van der Waals surface area contributed by atoms with E-state index in [0.717, 1.165) is 39.0 Å². The topological polar surface area (TPSA) is 65.8 Å². The standard InChI is InChI=1S/C25H31N3O3/c1-3-16-31-23-11-10-22(17-24(23)30-4-2)25(29)28-13-5-12-27(14-15-28)19-21-8-6-20(18-26)7-9-21/h6-11,17H,3-5,12-16,19H2,1-2H3. The molecule has 2 aromatic carbocycles. The zero-order valence-corrected chi connectivity index (χ0v) is 18.5. The van der Waals surface area contributed by atoms with E-state index in [1.807, 2.05) is 48.2 Å². The second-order valence-electron chi connectivity index (χ2n) is 7.67. The third kappa shape index (κ3) is 6.22. The normalized spacial score (nSPS) is 14.5. The van der Waals surface area contributed by atoms with Gasteiger partial charge in [0.1, 0.15) is 0 Å². The molecule has 6 nitrogen and oxygen atoms in total. The molecule has 1 heterocycles. The van der Waals surface area contributed by atoms with Crippen LogP contribution in [0.25, 0.3) is 0 Å². The smallest absolute Gasteiger partial charge is 0.254 e. The van der Waals surface area contributed by atoms with Crippen LogP contribution < -0.4 is 9.47 Å². The zero-order valence-electron chi connectivity index (χ0n) is 18.5. The van der Waals surface area contributed by atoms with Crippen molar-refractivity contribution < 1.29 is 14.3 Å². The molecule has 6 heteroatoms. The van der Waals surface area contributed by atoms with Gasteiger partial charge >= 0.3 is 0 Å². The van der Waals surface area contributed by atoms with Crippen LogP contribution >= 0.6 is 0 Å². The predicted molar refractivity (Wildman–Crippen MR) is 120 cm³/mol. The number of ether oxygens (including phenoxy) is 2. The summed E-state index contributed by atoms with van der Waals surface area (Å²) in [6.45, 7) is 9.14. The van der Waals surface area contributed by atoms with E-state index in [-0.39, 0.29) is 5.91 Å². The largest absolute Gasteiger partial charge is 0.490 e. The number of benzene rings is 2. The Morgan fingerprint density at radius 2 is 1.81 bits per heavy atom. The lowest BCUT2D eigenvalue weighted by Crippen LogP contribution is -2.35. The first-order valence-corrected chi connectivity index (χ1v) is 11.0. The Morgan fingerprint density at radius 1 is 1.00 bits per heavy atom. The fourth-order valence-corrected chi connectivity index (χ4v) is 3.70. The van der Waals surface area contributed by atoms with E-state index in [1.54, 1.807) is 6.07 Å². The highest BCUT2D eigenvalue weighted by Gasteiger charge is 2.21. The van der Waals surface area contributed by atoms with Crippen molar-refractivity contribution in [3.8, 4) is 17.6 Å². The summed E-state index contributed by atoms with van der Waals surface area (Å²) in [4.78, 5) is 17.4. The molecule has 0 radical (unpaired) electrons. The molecule has 0 spiro atoms. The molecule has 3 rings (SSSR count). The van der Waals surface area contributed by atoms with Gasteiger partial charge < -0.3 is 14.4 Å². The van der Waals surface area contributed by atoms with Crippen LogP contribution in [0.3, 0.4) is 0 Å². The molecule has 1 saturated heterocycles. The van der Waals surface area contributed by atoms with Gasteiger partial charge in [-0.3, -0.25) is 9.69 Å². The first-order valence-electron chi connectivity index (χ1n) is 11.0. The molecule has 31 heavy (non-hydrogen) atoms. The third-order valence-corrected chi connectivity index (χ3v) is 5.32. The van der Waals surface area contributed by atoms with Crippen LogP contribution in [0.2, 0.25) is 0 Å². The van der Waals surface area contributed by atoms with E-state index in [0.29, 0.717) is 42.4 Å². The van der Waals surface area contributed by atoms with Crippen LogP contribution in [0.5, 0.6) is 11.5 Å². The summed E-state index contributed by atoms with van der Waals surface area (Å²) >= 11 is 0. The van der Waals surface area contributed by atoms with E-state index >= 15 is 0 Å². The van der Waals surface area contributed by atoms with Gasteiger partial charge in [0.2, 0.25) is 0 Å². The molecule has 1 fully saturated rings. The van der Waals surface area contributed by atoms with Gasteiger partial charge in [-0.2, -0.15) is 5.26 Å². The first-order chi connectivity index (χ1) is 15.1. The minimum absolute atomic E-state index is 0.0308. The van der Waals surface area contributed by atoms with Crippen LogP contribution in [0, 0.1) is 11.3 Å². The van der Waals surface area contributed by atoms with Crippen LogP contribution in [-0.2, 0) is 6.54 Å². The van der Waals surface area contributed by atoms with Crippen molar-refractivity contribution in [2.45, 2.75) is 33.2 Å². The highest BCUT2D eigenvalue weighted by atomic mass is 16.5. The SMILES string of the molecule is CCCOc1ccc(C(=O)N2CCCN(Cc3ccc(C#N)cc3)CC2)cc1OCC. The van der Waals surface area contributed by atoms with Crippen molar-refractivity contribution in [1.82, 2.24) is 9.80 Å². The molecule has 1 amide bonds. The maximum atomic E-state index is 13.2. The Bertz CT molecular complexity index is 905. The Hall–Kier alpha value is -3.04. The minimum atomic E-state index is 0.0308. The molecule has 0 unspecified atom stereocenters. The van der Waals surface area contributed by atoms with Gasteiger partial charge in [0.25, 0.3) is 5.91 Å². The number of rotatable bonds is 8. The van der Waals surface area contributed by atoms with Gasteiger partial charge in [-0.1, -0.05) is 19.1 Å². The number of nitrogens with zero attached hydrogens (tertiary/aromatic N) is 3. The quantitative estimate of drug-likeness (QED) is 0.642. The molecule has 1 aliphatic rings. The third-order valence-electron chi connectivity index (χ3n) is 5.32. The van der Waals surface area contributed by atoms with Crippen LogP contribution in [0.1, 0.15) is 48.2 Å². The van der Waals surface area contributed by atoms with Gasteiger partial charge in [0, 0.05) is 38.3 Å². The van der Waals surface area contributed by atoms with Gasteiger partial charge in [-0.05, 0) is 55.7 Å². The number of hydrogen-bond donors (Lipinski definition) is 0. The van der Waals surface area contributed by atoms with E-state index in [4.69, 9.17) is 14.7 Å². The van der Waals surface area contributed by atoms with E-state index in [2.05, 4.69) is 17.9 Å². The van der Waals surface area contributed by atoms with Crippen LogP contribution in [0.15, 0.2) is 42.5 Å². The van der Waals surface area contributed by atoms with E-state index in [9.17, 15) is 4.79 Å². The van der Waals surface area contributed by atoms with Crippen molar-refractivity contribution in [1.29, 1.82) is 5.26 Å². The number of nitriles is 1. The van der Waals surface area contributed by atoms with Crippen molar-refractivity contribution in [2.75, 3.05) is 39.4 Å². The Balaban J connectivity index is 1.63. The summed E-state index contributed by atoms with van der Waals surface area (Å²) in [6.07, 6.45) is 1.84. The highest BCUT2D eigenvalue weighted by Crippen LogP contribution is 2.29. The Kier molecular flexibility index (Phi) is 8.31. The number of carbonyl (C=O) groups is 1. The average molecular weight is 422 g/mol. The van der Waals surface area contributed by atoms with E-state index in [1.165, 1.54) is 5.56 Å². The molecule has 2 aromatic rings. The fourth-order valence-electron chi connectivity index (χ4n) is 3.70. The minimum Gasteiger partial charge on any atom is -0.490 e. The van der Waals surface area contributed by atoms with Crippen LogP contribution in [-0.4, -0.2) is 55.1 Å². The maximum Gasteiger partial charge on any atom is 0.254 e. The highest BCUT2D eigenvalue weighted by molar-refractivity contribution is 5.95. The first kappa shape index (κ1) is 22.6. The molecule has 0 aliphatic carbocycles. The summed E-state index contributed by atoms with van der Waals surface area (Å²) in [5.41, 5.74) is 2.49. The van der Waals surface area contributed by atoms with Crippen molar-refractivity contribution in [3.05, 3.63) is 59.2 Å². The molecular formula is C25H31N3O3. The fraction of sp³-hybridized carbons (Fsp3) is 0.440.